The van der Waals surface area contributed by atoms with Crippen LogP contribution in [0.1, 0.15) is 17.5 Å². The van der Waals surface area contributed by atoms with E-state index in [0.29, 0.717) is 11.4 Å². The molecule has 2 heterocycles. The zero-order valence-corrected chi connectivity index (χ0v) is 14.2. The van der Waals surface area contributed by atoms with Crippen molar-refractivity contribution in [3.8, 4) is 0 Å². The third-order valence-corrected chi connectivity index (χ3v) is 5.01. The predicted molar refractivity (Wildman–Crippen MR) is 90.4 cm³/mol. The summed E-state index contributed by atoms with van der Waals surface area (Å²) in [5.41, 5.74) is 0.160. The Morgan fingerprint density at radius 2 is 1.96 bits per heavy atom. The van der Waals surface area contributed by atoms with Gasteiger partial charge in [0.2, 0.25) is 11.8 Å². The summed E-state index contributed by atoms with van der Waals surface area (Å²) in [5, 5.41) is 4.47. The molecule has 0 radical (unpaired) electrons. The number of aromatic nitrogens is 1. The van der Waals surface area contributed by atoms with E-state index in [-0.39, 0.29) is 18.0 Å². The first-order chi connectivity index (χ1) is 12.3. The molecule has 2 N–H and O–H groups in total. The second-order valence-corrected chi connectivity index (χ2v) is 6.89. The van der Waals surface area contributed by atoms with E-state index in [1.165, 1.54) is 6.07 Å². The first-order valence-electron chi connectivity index (χ1n) is 7.67. The molecule has 5 nitrogen and oxygen atoms in total. The Hall–Kier alpha value is -2.55. The van der Waals surface area contributed by atoms with Crippen LogP contribution in [0.15, 0.2) is 47.6 Å². The molecule has 1 aliphatic heterocycles. The molecule has 1 aliphatic rings. The smallest absolute Gasteiger partial charge is 0.352 e. The van der Waals surface area contributed by atoms with E-state index in [1.807, 2.05) is 0 Å². The number of hydrogen-bond acceptors (Lipinski definition) is 4. The number of pyridine rings is 1. The van der Waals surface area contributed by atoms with Gasteiger partial charge in [-0.05, 0) is 35.9 Å². The van der Waals surface area contributed by atoms with Gasteiger partial charge in [-0.25, -0.2) is 0 Å². The summed E-state index contributed by atoms with van der Waals surface area (Å²) in [6.45, 7) is 0.311. The summed E-state index contributed by atoms with van der Waals surface area (Å²) in [7, 11) is 0. The number of carbonyl (C=O) groups excluding carboxylic acids is 2. The SMILES string of the molecule is O=C(C[C@@H]1Sc2ccc(C(F)(F)F)cc2NC1=O)NCc1ccncc1. The Bertz CT molecular complexity index is 828. The number of carbonyl (C=O) groups is 2. The Morgan fingerprint density at radius 3 is 2.65 bits per heavy atom. The van der Waals surface area contributed by atoms with Crippen molar-refractivity contribution in [2.45, 2.75) is 29.3 Å². The molecule has 26 heavy (non-hydrogen) atoms. The number of benzene rings is 1. The number of nitrogens with zero attached hydrogens (tertiary/aromatic N) is 1. The van der Waals surface area contributed by atoms with Crippen LogP contribution in [0.3, 0.4) is 0 Å². The van der Waals surface area contributed by atoms with E-state index in [2.05, 4.69) is 15.6 Å². The largest absolute Gasteiger partial charge is 0.416 e. The zero-order chi connectivity index (χ0) is 18.7. The van der Waals surface area contributed by atoms with Crippen molar-refractivity contribution in [2.24, 2.45) is 0 Å². The Morgan fingerprint density at radius 1 is 1.23 bits per heavy atom. The highest BCUT2D eigenvalue weighted by Crippen LogP contribution is 2.40. The van der Waals surface area contributed by atoms with Crippen molar-refractivity contribution in [2.75, 3.05) is 5.32 Å². The molecule has 136 valence electrons. The Labute approximate surface area is 151 Å². The van der Waals surface area contributed by atoms with Gasteiger partial charge in [-0.2, -0.15) is 13.2 Å². The van der Waals surface area contributed by atoms with Crippen LogP contribution in [0.5, 0.6) is 0 Å². The average molecular weight is 381 g/mol. The van der Waals surface area contributed by atoms with Gasteiger partial charge in [0, 0.05) is 30.3 Å². The van der Waals surface area contributed by atoms with Gasteiger partial charge in [0.05, 0.1) is 16.5 Å². The van der Waals surface area contributed by atoms with Crippen LogP contribution in [0.2, 0.25) is 0 Å². The number of halogens is 3. The first-order valence-corrected chi connectivity index (χ1v) is 8.55. The number of alkyl halides is 3. The maximum absolute atomic E-state index is 12.8. The predicted octanol–water partition coefficient (Wildman–Crippen LogP) is 3.22. The van der Waals surface area contributed by atoms with Gasteiger partial charge in [-0.15, -0.1) is 11.8 Å². The minimum atomic E-state index is -4.48. The normalized spacial score (nSPS) is 16.6. The monoisotopic (exact) mass is 381 g/mol. The molecule has 1 atom stereocenters. The molecule has 0 aliphatic carbocycles. The Kier molecular flexibility index (Phi) is 5.17. The van der Waals surface area contributed by atoms with Crippen LogP contribution in [-0.4, -0.2) is 22.0 Å². The van der Waals surface area contributed by atoms with Crippen molar-refractivity contribution in [1.29, 1.82) is 0 Å². The van der Waals surface area contributed by atoms with Gasteiger partial charge >= 0.3 is 6.18 Å². The highest BCUT2D eigenvalue weighted by Gasteiger charge is 2.34. The third-order valence-electron chi connectivity index (χ3n) is 3.74. The summed E-state index contributed by atoms with van der Waals surface area (Å²) in [6, 6.07) is 6.70. The summed E-state index contributed by atoms with van der Waals surface area (Å²) in [4.78, 5) is 28.6. The van der Waals surface area contributed by atoms with Gasteiger partial charge in [-0.1, -0.05) is 0 Å². The van der Waals surface area contributed by atoms with E-state index in [4.69, 9.17) is 0 Å². The van der Waals surface area contributed by atoms with Gasteiger partial charge < -0.3 is 10.6 Å². The molecule has 0 unspecified atom stereocenters. The van der Waals surface area contributed by atoms with E-state index in [0.717, 1.165) is 29.5 Å². The number of anilines is 1. The molecule has 0 saturated heterocycles. The summed E-state index contributed by atoms with van der Waals surface area (Å²) < 4.78 is 38.3. The number of nitrogens with one attached hydrogen (secondary N) is 2. The standard InChI is InChI=1S/C17H14F3N3O2S/c18-17(19,20)11-1-2-13-12(7-11)23-16(25)14(26-13)8-15(24)22-9-10-3-5-21-6-4-10/h1-7,14H,8-9H2,(H,22,24)(H,23,25)/t14-/m0/s1. The number of rotatable bonds is 4. The topological polar surface area (TPSA) is 71.1 Å². The van der Waals surface area contributed by atoms with Gasteiger partial charge in [0.25, 0.3) is 0 Å². The lowest BCUT2D eigenvalue weighted by atomic mass is 10.1. The molecule has 3 rings (SSSR count). The summed E-state index contributed by atoms with van der Waals surface area (Å²) in [6.07, 6.45) is -1.33. The molecule has 2 aromatic rings. The zero-order valence-electron chi connectivity index (χ0n) is 13.3. The maximum atomic E-state index is 12.8. The molecule has 1 aromatic carbocycles. The van der Waals surface area contributed by atoms with Crippen molar-refractivity contribution < 1.29 is 22.8 Å². The molecule has 0 spiro atoms. The number of hydrogen-bond donors (Lipinski definition) is 2. The fourth-order valence-electron chi connectivity index (χ4n) is 2.40. The molecule has 2 amide bonds. The van der Waals surface area contributed by atoms with Crippen molar-refractivity contribution in [3.63, 3.8) is 0 Å². The minimum absolute atomic E-state index is 0.0674. The highest BCUT2D eigenvalue weighted by atomic mass is 32.2. The summed E-state index contributed by atoms with van der Waals surface area (Å²) in [5.74, 6) is -0.800. The quantitative estimate of drug-likeness (QED) is 0.853. The van der Waals surface area contributed by atoms with E-state index >= 15 is 0 Å². The maximum Gasteiger partial charge on any atom is 0.416 e. The average Bonchev–Trinajstić information content (AvgIpc) is 2.60. The molecule has 9 heteroatoms. The van der Waals surface area contributed by atoms with Crippen molar-refractivity contribution >= 4 is 29.3 Å². The van der Waals surface area contributed by atoms with Crippen LogP contribution < -0.4 is 10.6 Å². The fraction of sp³-hybridized carbons (Fsp3) is 0.235. The fourth-order valence-corrected chi connectivity index (χ4v) is 3.49. The first kappa shape index (κ1) is 18.2. The number of thioether (sulfide) groups is 1. The number of amides is 2. The van der Waals surface area contributed by atoms with Crippen LogP contribution in [0.4, 0.5) is 18.9 Å². The lowest BCUT2D eigenvalue weighted by Gasteiger charge is -2.24. The van der Waals surface area contributed by atoms with Gasteiger partial charge in [0.15, 0.2) is 0 Å². The number of fused-ring (bicyclic) bond motifs is 1. The molecule has 0 saturated carbocycles. The molecular weight excluding hydrogens is 367 g/mol. The second kappa shape index (κ2) is 7.36. The van der Waals surface area contributed by atoms with Crippen LogP contribution >= 0.6 is 11.8 Å². The van der Waals surface area contributed by atoms with Crippen molar-refractivity contribution in [1.82, 2.24) is 10.3 Å². The molecule has 1 aromatic heterocycles. The van der Waals surface area contributed by atoms with Crippen LogP contribution in [-0.2, 0) is 22.3 Å². The van der Waals surface area contributed by atoms with E-state index < -0.39 is 22.9 Å². The highest BCUT2D eigenvalue weighted by molar-refractivity contribution is 8.01. The van der Waals surface area contributed by atoms with E-state index in [9.17, 15) is 22.8 Å². The molecule has 0 fully saturated rings. The van der Waals surface area contributed by atoms with Crippen LogP contribution in [0, 0.1) is 0 Å². The molecule has 0 bridgehead atoms. The Balaban J connectivity index is 1.62. The second-order valence-electron chi connectivity index (χ2n) is 5.64. The minimum Gasteiger partial charge on any atom is -0.352 e. The van der Waals surface area contributed by atoms with Gasteiger partial charge in [0.1, 0.15) is 0 Å². The third kappa shape index (κ3) is 4.34. The lowest BCUT2D eigenvalue weighted by molar-refractivity contribution is -0.137. The van der Waals surface area contributed by atoms with Crippen LogP contribution in [0.25, 0.3) is 0 Å². The molecular formula is C17H14F3N3O2S. The van der Waals surface area contributed by atoms with Gasteiger partial charge in [-0.3, -0.25) is 14.6 Å². The lowest BCUT2D eigenvalue weighted by Crippen LogP contribution is -2.34. The summed E-state index contributed by atoms with van der Waals surface area (Å²) >= 11 is 1.08. The van der Waals surface area contributed by atoms with E-state index in [1.54, 1.807) is 24.5 Å². The van der Waals surface area contributed by atoms with Crippen molar-refractivity contribution in [3.05, 3.63) is 53.9 Å².